The Morgan fingerprint density at radius 2 is 2.37 bits per heavy atom. The van der Waals surface area contributed by atoms with Crippen molar-refractivity contribution in [3.63, 3.8) is 0 Å². The van der Waals surface area contributed by atoms with E-state index in [-0.39, 0.29) is 17.5 Å². The maximum Gasteiger partial charge on any atom is 0.242 e. The van der Waals surface area contributed by atoms with Gasteiger partial charge < -0.3 is 9.84 Å². The zero-order chi connectivity index (χ0) is 13.7. The summed E-state index contributed by atoms with van der Waals surface area (Å²) < 4.78 is 31.9. The molecule has 102 valence electrons. The van der Waals surface area contributed by atoms with Crippen LogP contribution in [0.25, 0.3) is 0 Å². The molecule has 1 saturated heterocycles. The highest BCUT2D eigenvalue weighted by atomic mass is 32.2. The lowest BCUT2D eigenvalue weighted by atomic mass is 10.3. The normalized spacial score (nSPS) is 18.9. The number of aromatic nitrogens is 1. The number of ether oxygens (including phenoxy) is 1. The fourth-order valence-corrected chi connectivity index (χ4v) is 2.93. The van der Waals surface area contributed by atoms with Crippen LogP contribution >= 0.6 is 0 Å². The topological polar surface area (TPSA) is 88.5 Å². The van der Waals surface area contributed by atoms with Gasteiger partial charge in [-0.05, 0) is 12.5 Å². The monoisotopic (exact) mass is 282 g/mol. The van der Waals surface area contributed by atoms with Crippen molar-refractivity contribution >= 4 is 10.0 Å². The minimum atomic E-state index is -3.61. The minimum absolute atomic E-state index is 0.0594. The molecule has 2 heterocycles. The van der Waals surface area contributed by atoms with Gasteiger partial charge in [-0.2, -0.15) is 0 Å². The number of pyridine rings is 1. The second-order valence-electron chi connectivity index (χ2n) is 4.05. The Kier molecular flexibility index (Phi) is 4.50. The Bertz CT molecular complexity index is 598. The van der Waals surface area contributed by atoms with Crippen molar-refractivity contribution in [2.75, 3.05) is 19.8 Å². The second-order valence-corrected chi connectivity index (χ2v) is 5.76. The predicted molar refractivity (Wildman–Crippen MR) is 67.7 cm³/mol. The number of nitrogens with zero attached hydrogens (tertiary/aromatic N) is 1. The van der Waals surface area contributed by atoms with Crippen LogP contribution in [-0.4, -0.2) is 44.4 Å². The van der Waals surface area contributed by atoms with Crippen molar-refractivity contribution < 1.29 is 18.3 Å². The van der Waals surface area contributed by atoms with Gasteiger partial charge >= 0.3 is 0 Å². The molecular formula is C12H14N2O4S. The molecule has 1 fully saturated rings. The highest BCUT2D eigenvalue weighted by molar-refractivity contribution is 7.89. The summed E-state index contributed by atoms with van der Waals surface area (Å²) in [7, 11) is -3.61. The maximum atomic E-state index is 12.1. The van der Waals surface area contributed by atoms with E-state index >= 15 is 0 Å². The summed E-state index contributed by atoms with van der Waals surface area (Å²) >= 11 is 0. The fraction of sp³-hybridized carbons (Fsp3) is 0.417. The van der Waals surface area contributed by atoms with E-state index in [1.807, 2.05) is 0 Å². The molecule has 1 aromatic heterocycles. The number of aliphatic hydroxyl groups excluding tert-OH is 1. The van der Waals surface area contributed by atoms with Crippen LogP contribution in [0.5, 0.6) is 0 Å². The zero-order valence-corrected chi connectivity index (χ0v) is 11.0. The largest absolute Gasteiger partial charge is 0.384 e. The second kappa shape index (κ2) is 6.12. The predicted octanol–water partition coefficient (Wildman–Crippen LogP) is -0.507. The van der Waals surface area contributed by atoms with Crippen molar-refractivity contribution in [1.82, 2.24) is 9.71 Å². The van der Waals surface area contributed by atoms with Crippen molar-refractivity contribution in [2.24, 2.45) is 0 Å². The van der Waals surface area contributed by atoms with Crippen LogP contribution in [0.4, 0.5) is 0 Å². The molecule has 0 amide bonds. The Morgan fingerprint density at radius 1 is 1.53 bits per heavy atom. The van der Waals surface area contributed by atoms with E-state index in [4.69, 9.17) is 9.84 Å². The molecule has 6 nitrogen and oxygen atoms in total. The van der Waals surface area contributed by atoms with Crippen molar-refractivity contribution in [1.29, 1.82) is 0 Å². The first-order valence-corrected chi connectivity index (χ1v) is 7.25. The van der Waals surface area contributed by atoms with Crippen molar-refractivity contribution in [3.8, 4) is 11.8 Å². The Hall–Kier alpha value is -1.46. The number of hydrogen-bond acceptors (Lipinski definition) is 5. The first-order valence-electron chi connectivity index (χ1n) is 5.76. The van der Waals surface area contributed by atoms with Crippen LogP contribution in [0.2, 0.25) is 0 Å². The maximum absolute atomic E-state index is 12.1. The van der Waals surface area contributed by atoms with Crippen LogP contribution in [0.3, 0.4) is 0 Å². The van der Waals surface area contributed by atoms with Gasteiger partial charge in [-0.1, -0.05) is 11.8 Å². The molecule has 1 aliphatic heterocycles. The van der Waals surface area contributed by atoms with Crippen molar-refractivity contribution in [2.45, 2.75) is 17.4 Å². The Morgan fingerprint density at radius 3 is 3.05 bits per heavy atom. The van der Waals surface area contributed by atoms with Crippen LogP contribution in [-0.2, 0) is 14.8 Å². The van der Waals surface area contributed by atoms with Crippen LogP contribution in [0.1, 0.15) is 12.0 Å². The first-order chi connectivity index (χ1) is 9.12. The number of nitrogens with one attached hydrogen (secondary N) is 1. The van der Waals surface area contributed by atoms with E-state index in [1.54, 1.807) is 0 Å². The van der Waals surface area contributed by atoms with Gasteiger partial charge in [-0.15, -0.1) is 0 Å². The molecule has 0 aliphatic carbocycles. The van der Waals surface area contributed by atoms with Gasteiger partial charge in [0.25, 0.3) is 0 Å². The van der Waals surface area contributed by atoms with Crippen LogP contribution in [0, 0.1) is 11.8 Å². The van der Waals surface area contributed by atoms with Gasteiger partial charge in [0, 0.05) is 30.6 Å². The molecule has 19 heavy (non-hydrogen) atoms. The van der Waals surface area contributed by atoms with E-state index in [9.17, 15) is 8.42 Å². The smallest absolute Gasteiger partial charge is 0.242 e. The van der Waals surface area contributed by atoms with E-state index in [1.165, 1.54) is 18.5 Å². The molecule has 1 aromatic rings. The third-order valence-electron chi connectivity index (χ3n) is 2.59. The van der Waals surface area contributed by atoms with Gasteiger partial charge in [0.1, 0.15) is 11.5 Å². The quantitative estimate of drug-likeness (QED) is 0.729. The Balaban J connectivity index is 2.19. The lowest BCUT2D eigenvalue weighted by Gasteiger charge is -2.11. The summed E-state index contributed by atoms with van der Waals surface area (Å²) in [5.41, 5.74) is 0.444. The Labute approximate surface area is 111 Å². The average Bonchev–Trinajstić information content (AvgIpc) is 2.89. The van der Waals surface area contributed by atoms with Crippen LogP contribution < -0.4 is 4.72 Å². The SMILES string of the molecule is O=S(=O)(NC1CCOC1)c1cncc(C#CCO)c1. The average molecular weight is 282 g/mol. The zero-order valence-electron chi connectivity index (χ0n) is 10.2. The highest BCUT2D eigenvalue weighted by Crippen LogP contribution is 2.12. The molecule has 0 spiro atoms. The molecule has 1 aliphatic rings. The summed E-state index contributed by atoms with van der Waals surface area (Å²) in [6, 6.07) is 1.23. The molecular weight excluding hydrogens is 268 g/mol. The van der Waals surface area contributed by atoms with E-state index < -0.39 is 10.0 Å². The van der Waals surface area contributed by atoms with Gasteiger partial charge in [-0.25, -0.2) is 13.1 Å². The lowest BCUT2D eigenvalue weighted by molar-refractivity contribution is 0.192. The van der Waals surface area contributed by atoms with E-state index in [2.05, 4.69) is 21.5 Å². The molecule has 0 bridgehead atoms. The molecule has 1 unspecified atom stereocenters. The summed E-state index contributed by atoms with van der Waals surface area (Å²) in [5, 5.41) is 8.61. The van der Waals surface area contributed by atoms with Gasteiger partial charge in [-0.3, -0.25) is 4.98 Å². The fourth-order valence-electron chi connectivity index (χ4n) is 1.69. The molecule has 0 radical (unpaired) electrons. The summed E-state index contributed by atoms with van der Waals surface area (Å²) in [4.78, 5) is 3.90. The number of aliphatic hydroxyl groups is 1. The lowest BCUT2D eigenvalue weighted by Crippen LogP contribution is -2.35. The number of sulfonamides is 1. The molecule has 2 rings (SSSR count). The van der Waals surface area contributed by atoms with Gasteiger partial charge in [0.15, 0.2) is 0 Å². The number of hydrogen-bond donors (Lipinski definition) is 2. The van der Waals surface area contributed by atoms with Gasteiger partial charge in [0.2, 0.25) is 10.0 Å². The third kappa shape index (κ3) is 3.75. The van der Waals surface area contributed by atoms with Crippen molar-refractivity contribution in [3.05, 3.63) is 24.0 Å². The molecule has 2 N–H and O–H groups in total. The minimum Gasteiger partial charge on any atom is -0.384 e. The molecule has 1 atom stereocenters. The summed E-state index contributed by atoms with van der Waals surface area (Å²) in [5.74, 6) is 5.07. The van der Waals surface area contributed by atoms with Crippen LogP contribution in [0.15, 0.2) is 23.4 Å². The summed E-state index contributed by atoms with van der Waals surface area (Å²) in [6.45, 7) is 0.665. The molecule has 0 saturated carbocycles. The van der Waals surface area contributed by atoms with E-state index in [0.717, 1.165) is 0 Å². The summed E-state index contributed by atoms with van der Waals surface area (Å²) in [6.07, 6.45) is 3.37. The standard InChI is InChI=1S/C12H14N2O4S/c15-4-1-2-10-6-12(8-13-7-10)19(16,17)14-11-3-5-18-9-11/h6-8,11,14-15H,3-5,9H2. The molecule has 0 aromatic carbocycles. The number of rotatable bonds is 3. The van der Waals surface area contributed by atoms with Gasteiger partial charge in [0.05, 0.1) is 6.61 Å². The first kappa shape index (κ1) is 14.0. The van der Waals surface area contributed by atoms with E-state index in [0.29, 0.717) is 25.2 Å². The third-order valence-corrected chi connectivity index (χ3v) is 4.07. The molecule has 7 heteroatoms. The highest BCUT2D eigenvalue weighted by Gasteiger charge is 2.23.